The number of rotatable bonds is 2. The van der Waals surface area contributed by atoms with Crippen LogP contribution in [0.2, 0.25) is 0 Å². The minimum absolute atomic E-state index is 0.662. The molecule has 0 amide bonds. The van der Waals surface area contributed by atoms with Gasteiger partial charge in [-0.05, 0) is 25.3 Å². The molecule has 1 aliphatic heterocycles. The normalized spacial score (nSPS) is 21.7. The van der Waals surface area contributed by atoms with Crippen LogP contribution in [0.25, 0.3) is 0 Å². The highest BCUT2D eigenvalue weighted by atomic mass is 16.5. The predicted molar refractivity (Wildman–Crippen MR) is 60.2 cm³/mol. The summed E-state index contributed by atoms with van der Waals surface area (Å²) >= 11 is 0. The van der Waals surface area contributed by atoms with Gasteiger partial charge in [0, 0.05) is 12.6 Å². The quantitative estimate of drug-likeness (QED) is 0.744. The third kappa shape index (κ3) is 1.77. The van der Waals surface area contributed by atoms with Crippen LogP contribution in [0.4, 0.5) is 0 Å². The zero-order valence-corrected chi connectivity index (χ0v) is 9.50. The Balaban J connectivity index is 2.37. The molecular weight excluding hydrogens is 190 g/mol. The molecule has 0 aromatic heterocycles. The number of hydrogen-bond acceptors (Lipinski definition) is 4. The third-order valence-corrected chi connectivity index (χ3v) is 2.81. The standard InChI is InChI=1S/C11H17N3O/c1-8-5-4-6-9(10(8)15-3)11-12-7-13-14(11)2/h5,13H,4,6-7H2,1-3H3. The van der Waals surface area contributed by atoms with E-state index in [0.29, 0.717) is 6.67 Å². The van der Waals surface area contributed by atoms with Crippen LogP contribution in [-0.4, -0.2) is 31.7 Å². The average molecular weight is 207 g/mol. The van der Waals surface area contributed by atoms with Gasteiger partial charge >= 0.3 is 0 Å². The van der Waals surface area contributed by atoms with Crippen molar-refractivity contribution >= 4 is 5.84 Å². The summed E-state index contributed by atoms with van der Waals surface area (Å²) in [5, 5.41) is 1.97. The second kappa shape index (κ2) is 4.06. The molecule has 1 aliphatic carbocycles. The molecule has 2 rings (SSSR count). The van der Waals surface area contributed by atoms with Crippen LogP contribution in [0, 0.1) is 0 Å². The van der Waals surface area contributed by atoms with Gasteiger partial charge in [-0.1, -0.05) is 6.08 Å². The lowest BCUT2D eigenvalue weighted by Crippen LogP contribution is -2.34. The predicted octanol–water partition coefficient (Wildman–Crippen LogP) is 1.43. The molecule has 15 heavy (non-hydrogen) atoms. The van der Waals surface area contributed by atoms with Crippen molar-refractivity contribution in [3.63, 3.8) is 0 Å². The fourth-order valence-electron chi connectivity index (χ4n) is 2.07. The number of nitrogens with zero attached hydrogens (tertiary/aromatic N) is 2. The third-order valence-electron chi connectivity index (χ3n) is 2.81. The first-order valence-corrected chi connectivity index (χ1v) is 5.20. The van der Waals surface area contributed by atoms with Crippen molar-refractivity contribution in [2.24, 2.45) is 4.99 Å². The number of likely N-dealkylation sites (N-methyl/N-ethyl adjacent to an activating group) is 1. The van der Waals surface area contributed by atoms with Gasteiger partial charge < -0.3 is 4.74 Å². The van der Waals surface area contributed by atoms with E-state index >= 15 is 0 Å². The van der Waals surface area contributed by atoms with Crippen LogP contribution in [0.5, 0.6) is 0 Å². The highest BCUT2D eigenvalue weighted by Crippen LogP contribution is 2.27. The Kier molecular flexibility index (Phi) is 2.77. The average Bonchev–Trinajstić information content (AvgIpc) is 2.64. The summed E-state index contributed by atoms with van der Waals surface area (Å²) in [6, 6.07) is 0. The number of nitrogens with one attached hydrogen (secondary N) is 1. The zero-order chi connectivity index (χ0) is 10.8. The fourth-order valence-corrected chi connectivity index (χ4v) is 2.07. The molecule has 0 atom stereocenters. The van der Waals surface area contributed by atoms with Crippen molar-refractivity contribution in [2.45, 2.75) is 19.8 Å². The largest absolute Gasteiger partial charge is 0.496 e. The van der Waals surface area contributed by atoms with Crippen molar-refractivity contribution in [1.29, 1.82) is 0 Å². The summed E-state index contributed by atoms with van der Waals surface area (Å²) in [6.45, 7) is 2.75. The summed E-state index contributed by atoms with van der Waals surface area (Å²) in [7, 11) is 3.71. The highest BCUT2D eigenvalue weighted by molar-refractivity contribution is 5.99. The topological polar surface area (TPSA) is 36.9 Å². The maximum absolute atomic E-state index is 5.45. The Labute approximate surface area is 90.3 Å². The highest BCUT2D eigenvalue weighted by Gasteiger charge is 2.23. The lowest BCUT2D eigenvalue weighted by atomic mass is 9.97. The molecule has 0 saturated heterocycles. The Morgan fingerprint density at radius 3 is 2.93 bits per heavy atom. The summed E-state index contributed by atoms with van der Waals surface area (Å²) in [5.41, 5.74) is 5.57. The fraction of sp³-hybridized carbons (Fsp3) is 0.545. The molecule has 0 unspecified atom stereocenters. The maximum atomic E-state index is 5.45. The molecule has 0 aromatic rings. The van der Waals surface area contributed by atoms with E-state index in [1.807, 2.05) is 12.1 Å². The molecule has 82 valence electrons. The number of aliphatic imine (C=N–C) groups is 1. The Hall–Kier alpha value is -1.29. The van der Waals surface area contributed by atoms with Crippen LogP contribution < -0.4 is 5.43 Å². The number of allylic oxidation sites excluding steroid dienone is 2. The van der Waals surface area contributed by atoms with E-state index in [0.717, 1.165) is 24.4 Å². The zero-order valence-electron chi connectivity index (χ0n) is 9.50. The lowest BCUT2D eigenvalue weighted by Gasteiger charge is -2.22. The summed E-state index contributed by atoms with van der Waals surface area (Å²) in [6.07, 6.45) is 4.29. The molecule has 0 spiro atoms. The first kappa shape index (κ1) is 10.2. The molecule has 1 N–H and O–H groups in total. The SMILES string of the molecule is COC1=C(C2=NCNN2C)CCC=C1C. The minimum Gasteiger partial charge on any atom is -0.496 e. The molecule has 2 aliphatic rings. The number of ether oxygens (including phenoxy) is 1. The van der Waals surface area contributed by atoms with E-state index in [2.05, 4.69) is 23.4 Å². The Morgan fingerprint density at radius 2 is 2.33 bits per heavy atom. The summed E-state index contributed by atoms with van der Waals surface area (Å²) in [5.74, 6) is 2.00. The Morgan fingerprint density at radius 1 is 1.53 bits per heavy atom. The van der Waals surface area contributed by atoms with Gasteiger partial charge in [-0.2, -0.15) is 0 Å². The van der Waals surface area contributed by atoms with Crippen molar-refractivity contribution in [1.82, 2.24) is 10.4 Å². The molecule has 4 nitrogen and oxygen atoms in total. The first-order chi connectivity index (χ1) is 7.24. The second-order valence-corrected chi connectivity index (χ2v) is 3.79. The second-order valence-electron chi connectivity index (χ2n) is 3.79. The molecule has 1 heterocycles. The van der Waals surface area contributed by atoms with Gasteiger partial charge in [-0.15, -0.1) is 0 Å². The Bertz CT molecular complexity index is 355. The molecule has 0 bridgehead atoms. The summed E-state index contributed by atoms with van der Waals surface area (Å²) < 4.78 is 5.45. The van der Waals surface area contributed by atoms with Crippen molar-refractivity contribution in [3.8, 4) is 0 Å². The van der Waals surface area contributed by atoms with E-state index in [1.165, 1.54) is 11.1 Å². The molecule has 0 saturated carbocycles. The molecule has 4 heteroatoms. The number of hydrazine groups is 1. The number of hydrogen-bond donors (Lipinski definition) is 1. The van der Waals surface area contributed by atoms with Crippen LogP contribution >= 0.6 is 0 Å². The molecule has 0 aromatic carbocycles. The maximum Gasteiger partial charge on any atom is 0.146 e. The van der Waals surface area contributed by atoms with E-state index in [9.17, 15) is 0 Å². The van der Waals surface area contributed by atoms with E-state index in [-0.39, 0.29) is 0 Å². The van der Waals surface area contributed by atoms with Gasteiger partial charge in [-0.3, -0.25) is 5.01 Å². The number of methoxy groups -OCH3 is 1. The van der Waals surface area contributed by atoms with Gasteiger partial charge in [0.05, 0.1) is 7.11 Å². The van der Waals surface area contributed by atoms with E-state index in [4.69, 9.17) is 4.74 Å². The van der Waals surface area contributed by atoms with Gasteiger partial charge in [0.1, 0.15) is 18.3 Å². The molecule has 0 fully saturated rings. The van der Waals surface area contributed by atoms with E-state index in [1.54, 1.807) is 7.11 Å². The monoisotopic (exact) mass is 207 g/mol. The van der Waals surface area contributed by atoms with Crippen molar-refractivity contribution < 1.29 is 4.74 Å². The smallest absolute Gasteiger partial charge is 0.146 e. The summed E-state index contributed by atoms with van der Waals surface area (Å²) in [4.78, 5) is 4.44. The lowest BCUT2D eigenvalue weighted by molar-refractivity contribution is 0.293. The molecular formula is C11H17N3O. The van der Waals surface area contributed by atoms with Crippen LogP contribution in [0.15, 0.2) is 28.0 Å². The first-order valence-electron chi connectivity index (χ1n) is 5.20. The van der Waals surface area contributed by atoms with Crippen LogP contribution in [0.1, 0.15) is 19.8 Å². The van der Waals surface area contributed by atoms with Crippen LogP contribution in [0.3, 0.4) is 0 Å². The van der Waals surface area contributed by atoms with Gasteiger partial charge in [-0.25, -0.2) is 10.4 Å². The van der Waals surface area contributed by atoms with Crippen molar-refractivity contribution in [2.75, 3.05) is 20.8 Å². The van der Waals surface area contributed by atoms with Gasteiger partial charge in [0.15, 0.2) is 0 Å². The van der Waals surface area contributed by atoms with Gasteiger partial charge in [0.2, 0.25) is 0 Å². The van der Waals surface area contributed by atoms with Crippen molar-refractivity contribution in [3.05, 3.63) is 23.0 Å². The molecule has 0 radical (unpaired) electrons. The number of amidine groups is 1. The minimum atomic E-state index is 0.662. The van der Waals surface area contributed by atoms with Gasteiger partial charge in [0.25, 0.3) is 0 Å². The van der Waals surface area contributed by atoms with Crippen LogP contribution in [-0.2, 0) is 4.74 Å². The van der Waals surface area contributed by atoms with E-state index < -0.39 is 0 Å².